The maximum absolute atomic E-state index is 11.9. The van der Waals surface area contributed by atoms with Gasteiger partial charge in [-0.1, -0.05) is 0 Å². The molecule has 8 nitrogen and oxygen atoms in total. The summed E-state index contributed by atoms with van der Waals surface area (Å²) in [4.78, 5) is 27.0. The van der Waals surface area contributed by atoms with Gasteiger partial charge in [0.2, 0.25) is 0 Å². The number of hydrogen-bond acceptors (Lipinski definition) is 4. The highest BCUT2D eigenvalue weighted by Gasteiger charge is 2.52. The van der Waals surface area contributed by atoms with Crippen LogP contribution in [-0.4, -0.2) is 72.7 Å². The Kier molecular flexibility index (Phi) is 2.01. The zero-order valence-corrected chi connectivity index (χ0v) is 9.67. The third-order valence-corrected chi connectivity index (χ3v) is 3.62. The van der Waals surface area contributed by atoms with Gasteiger partial charge in [-0.15, -0.1) is 0 Å². The number of nitrogens with one attached hydrogen (secondary N) is 2. The average molecular weight is 254 g/mol. The maximum atomic E-state index is 11.9. The molecule has 8 heteroatoms. The highest BCUT2D eigenvalue weighted by molar-refractivity contribution is 5.85. The molecule has 0 bridgehead atoms. The Morgan fingerprint density at radius 3 is 1.83 bits per heavy atom. The number of nitrogens with zero attached hydrogens (tertiary/aromatic N) is 2. The van der Waals surface area contributed by atoms with Crippen LogP contribution in [0.25, 0.3) is 0 Å². The summed E-state index contributed by atoms with van der Waals surface area (Å²) < 4.78 is 10.3. The molecular weight excluding hydrogens is 240 g/mol. The molecule has 0 saturated carbocycles. The summed E-state index contributed by atoms with van der Waals surface area (Å²) in [6.45, 7) is 2.44. The predicted molar refractivity (Wildman–Crippen MR) is 57.5 cm³/mol. The van der Waals surface area contributed by atoms with Gasteiger partial charge in [0.1, 0.15) is 12.3 Å². The molecule has 2 atom stereocenters. The molecule has 0 aliphatic carbocycles. The quantitative estimate of drug-likeness (QED) is 0.597. The number of epoxide rings is 2. The zero-order valence-electron chi connectivity index (χ0n) is 9.67. The van der Waals surface area contributed by atoms with E-state index in [1.165, 1.54) is 0 Å². The number of carbonyl (C=O) groups excluding carboxylic acids is 2. The lowest BCUT2D eigenvalue weighted by molar-refractivity contribution is 0.118. The number of carbonyl (C=O) groups is 2. The van der Waals surface area contributed by atoms with Gasteiger partial charge in [0.05, 0.1) is 38.5 Å². The van der Waals surface area contributed by atoms with E-state index in [-0.39, 0.29) is 36.6 Å². The molecule has 4 aliphatic heterocycles. The number of rotatable bonds is 4. The molecule has 0 radical (unpaired) electrons. The molecule has 4 heterocycles. The molecule has 0 aromatic rings. The minimum absolute atomic E-state index is 0.115. The predicted octanol–water partition coefficient (Wildman–Crippen LogP) is -1.51. The van der Waals surface area contributed by atoms with Crippen LogP contribution in [0.2, 0.25) is 0 Å². The molecule has 4 aliphatic rings. The minimum atomic E-state index is -0.331. The second-order valence-corrected chi connectivity index (χ2v) is 5.01. The fourth-order valence-electron chi connectivity index (χ4n) is 2.55. The Bertz CT molecular complexity index is 373. The topological polar surface area (TPSA) is 89.7 Å². The first-order valence-corrected chi connectivity index (χ1v) is 6.10. The van der Waals surface area contributed by atoms with E-state index in [1.807, 2.05) is 0 Å². The van der Waals surface area contributed by atoms with E-state index >= 15 is 0 Å². The fourth-order valence-corrected chi connectivity index (χ4v) is 2.55. The minimum Gasteiger partial charge on any atom is -0.371 e. The van der Waals surface area contributed by atoms with E-state index < -0.39 is 0 Å². The first-order valence-electron chi connectivity index (χ1n) is 6.10. The third kappa shape index (κ3) is 1.60. The molecule has 98 valence electrons. The van der Waals surface area contributed by atoms with Crippen LogP contribution in [0, 0.1) is 0 Å². The fraction of sp³-hybridized carbons (Fsp3) is 0.800. The summed E-state index contributed by atoms with van der Waals surface area (Å²) in [6, 6.07) is -0.301. The lowest BCUT2D eigenvalue weighted by Gasteiger charge is -2.28. The molecule has 4 saturated heterocycles. The van der Waals surface area contributed by atoms with Gasteiger partial charge >= 0.3 is 12.1 Å². The van der Waals surface area contributed by atoms with E-state index in [9.17, 15) is 9.59 Å². The van der Waals surface area contributed by atoms with Crippen molar-refractivity contribution in [3.05, 3.63) is 0 Å². The molecule has 4 amide bonds. The van der Waals surface area contributed by atoms with Gasteiger partial charge in [0.15, 0.2) is 0 Å². The largest absolute Gasteiger partial charge is 0.371 e. The van der Waals surface area contributed by atoms with Crippen molar-refractivity contribution in [3.63, 3.8) is 0 Å². The maximum Gasteiger partial charge on any atom is 0.321 e. The van der Waals surface area contributed by atoms with Crippen LogP contribution in [0.4, 0.5) is 9.59 Å². The van der Waals surface area contributed by atoms with Crippen LogP contribution in [0.5, 0.6) is 0 Å². The molecular formula is C10H14N4O4. The zero-order chi connectivity index (χ0) is 12.3. The Morgan fingerprint density at radius 1 is 1.00 bits per heavy atom. The molecule has 0 aromatic heterocycles. The number of ether oxygens (including phenoxy) is 2. The molecule has 0 spiro atoms. The molecule has 2 unspecified atom stereocenters. The van der Waals surface area contributed by atoms with Gasteiger partial charge < -0.3 is 20.1 Å². The van der Waals surface area contributed by atoms with Crippen molar-refractivity contribution >= 4 is 12.1 Å². The van der Waals surface area contributed by atoms with Crippen LogP contribution in [0.15, 0.2) is 0 Å². The van der Waals surface area contributed by atoms with Gasteiger partial charge in [-0.25, -0.2) is 9.59 Å². The van der Waals surface area contributed by atoms with E-state index in [0.717, 1.165) is 0 Å². The third-order valence-electron chi connectivity index (χ3n) is 3.62. The smallest absolute Gasteiger partial charge is 0.321 e. The second-order valence-electron chi connectivity index (χ2n) is 5.01. The number of fused-ring (bicyclic) bond motifs is 1. The highest BCUT2D eigenvalue weighted by atomic mass is 16.6. The van der Waals surface area contributed by atoms with Crippen molar-refractivity contribution in [3.8, 4) is 0 Å². The lowest BCUT2D eigenvalue weighted by Crippen LogP contribution is -2.49. The van der Waals surface area contributed by atoms with Gasteiger partial charge in [-0.05, 0) is 0 Å². The number of urea groups is 2. The molecule has 2 N–H and O–H groups in total. The first-order chi connectivity index (χ1) is 8.72. The Hall–Kier alpha value is -1.54. The summed E-state index contributed by atoms with van der Waals surface area (Å²) >= 11 is 0. The normalized spacial score (nSPS) is 40.7. The Balaban J connectivity index is 1.54. The highest BCUT2D eigenvalue weighted by Crippen LogP contribution is 2.26. The van der Waals surface area contributed by atoms with Crippen LogP contribution in [0.1, 0.15) is 0 Å². The van der Waals surface area contributed by atoms with Gasteiger partial charge in [-0.2, -0.15) is 0 Å². The van der Waals surface area contributed by atoms with Crippen molar-refractivity contribution in [1.29, 1.82) is 0 Å². The summed E-state index contributed by atoms with van der Waals surface area (Å²) in [5.41, 5.74) is 0. The van der Waals surface area contributed by atoms with E-state index in [1.54, 1.807) is 9.80 Å². The molecule has 4 fully saturated rings. The lowest BCUT2D eigenvalue weighted by atomic mass is 10.3. The average Bonchev–Trinajstić information content (AvgIpc) is 3.20. The SMILES string of the molecule is O=C1NC2NC(=O)N(CC3CO3)C2N1CC1CO1. The number of amides is 4. The van der Waals surface area contributed by atoms with Gasteiger partial charge in [-0.3, -0.25) is 9.80 Å². The molecule has 18 heavy (non-hydrogen) atoms. The van der Waals surface area contributed by atoms with E-state index in [0.29, 0.717) is 26.3 Å². The van der Waals surface area contributed by atoms with Gasteiger partial charge in [0.25, 0.3) is 0 Å². The monoisotopic (exact) mass is 254 g/mol. The van der Waals surface area contributed by atoms with Crippen molar-refractivity contribution in [2.24, 2.45) is 0 Å². The molecule has 0 aromatic carbocycles. The van der Waals surface area contributed by atoms with Gasteiger partial charge in [0, 0.05) is 0 Å². The summed E-state index contributed by atoms with van der Waals surface area (Å²) in [5, 5.41) is 5.54. The van der Waals surface area contributed by atoms with Crippen molar-refractivity contribution in [1.82, 2.24) is 20.4 Å². The number of hydrogen-bond donors (Lipinski definition) is 2. The molecule has 4 rings (SSSR count). The second kappa shape index (κ2) is 3.48. The Morgan fingerprint density at radius 2 is 1.44 bits per heavy atom. The van der Waals surface area contributed by atoms with Crippen LogP contribution < -0.4 is 10.6 Å². The first kappa shape index (κ1) is 10.4. The van der Waals surface area contributed by atoms with Crippen molar-refractivity contribution in [2.45, 2.75) is 24.5 Å². The van der Waals surface area contributed by atoms with E-state index in [2.05, 4.69) is 10.6 Å². The van der Waals surface area contributed by atoms with Crippen molar-refractivity contribution < 1.29 is 19.1 Å². The summed E-state index contributed by atoms with van der Waals surface area (Å²) in [7, 11) is 0. The summed E-state index contributed by atoms with van der Waals surface area (Å²) in [5.74, 6) is 0. The van der Waals surface area contributed by atoms with Crippen LogP contribution in [0.3, 0.4) is 0 Å². The van der Waals surface area contributed by atoms with Crippen LogP contribution >= 0.6 is 0 Å². The Labute approximate surface area is 103 Å². The summed E-state index contributed by atoms with van der Waals surface area (Å²) in [6.07, 6.45) is -0.366. The standard InChI is InChI=1S/C10H14N4O4/c15-9-11-7-8(13(9)1-5-3-17-5)14(10(16)12-7)2-6-4-18-6/h5-8H,1-4H2,(H,11,15)(H,12,16). The van der Waals surface area contributed by atoms with Crippen molar-refractivity contribution in [2.75, 3.05) is 26.3 Å². The van der Waals surface area contributed by atoms with Crippen LogP contribution in [-0.2, 0) is 9.47 Å². The van der Waals surface area contributed by atoms with E-state index in [4.69, 9.17) is 9.47 Å².